The van der Waals surface area contributed by atoms with E-state index in [9.17, 15) is 0 Å². The van der Waals surface area contributed by atoms with Crippen LogP contribution in [0.5, 0.6) is 0 Å². The van der Waals surface area contributed by atoms with Crippen molar-refractivity contribution in [2.75, 3.05) is 20.1 Å². The van der Waals surface area contributed by atoms with Gasteiger partial charge in [-0.05, 0) is 39.2 Å². The first-order valence-electron chi connectivity index (χ1n) is 5.08. The van der Waals surface area contributed by atoms with Crippen LogP contribution in [0.15, 0.2) is 0 Å². The summed E-state index contributed by atoms with van der Waals surface area (Å²) >= 11 is 0. The summed E-state index contributed by atoms with van der Waals surface area (Å²) in [5.41, 5.74) is 0.680. The van der Waals surface area contributed by atoms with Gasteiger partial charge in [0.1, 0.15) is 0 Å². The van der Waals surface area contributed by atoms with Crippen LogP contribution >= 0.6 is 0 Å². The maximum Gasteiger partial charge on any atom is 0.0288 e. The molecule has 1 heterocycles. The molecule has 0 aromatic heterocycles. The zero-order valence-electron chi connectivity index (χ0n) is 8.43. The molecule has 2 nitrogen and oxygen atoms in total. The third kappa shape index (κ3) is 1.17. The second kappa shape index (κ2) is 2.71. The van der Waals surface area contributed by atoms with Gasteiger partial charge >= 0.3 is 0 Å². The SMILES string of the molecule is CC(C)N(C)[C@@H]1CNCC12CC2. The Morgan fingerprint density at radius 3 is 2.58 bits per heavy atom. The van der Waals surface area contributed by atoms with Gasteiger partial charge in [-0.15, -0.1) is 0 Å². The third-order valence-electron chi connectivity index (χ3n) is 3.72. The predicted molar refractivity (Wildman–Crippen MR) is 51.2 cm³/mol. The highest BCUT2D eigenvalue weighted by Gasteiger charge is 2.53. The first kappa shape index (κ1) is 8.52. The fraction of sp³-hybridized carbons (Fsp3) is 1.00. The van der Waals surface area contributed by atoms with Crippen LogP contribution in [0.3, 0.4) is 0 Å². The van der Waals surface area contributed by atoms with Gasteiger partial charge in [0.2, 0.25) is 0 Å². The lowest BCUT2D eigenvalue weighted by Crippen LogP contribution is -2.42. The Bertz CT molecular complexity index is 173. The monoisotopic (exact) mass is 168 g/mol. The van der Waals surface area contributed by atoms with E-state index in [-0.39, 0.29) is 0 Å². The quantitative estimate of drug-likeness (QED) is 0.663. The fourth-order valence-corrected chi connectivity index (χ4v) is 2.40. The maximum atomic E-state index is 3.52. The largest absolute Gasteiger partial charge is 0.315 e. The molecule has 0 amide bonds. The van der Waals surface area contributed by atoms with Crippen molar-refractivity contribution in [3.05, 3.63) is 0 Å². The topological polar surface area (TPSA) is 15.3 Å². The Morgan fingerprint density at radius 2 is 2.08 bits per heavy atom. The Balaban J connectivity index is 2.03. The van der Waals surface area contributed by atoms with Crippen LogP contribution in [0, 0.1) is 5.41 Å². The zero-order chi connectivity index (χ0) is 8.77. The highest BCUT2D eigenvalue weighted by Crippen LogP contribution is 2.52. The Morgan fingerprint density at radius 1 is 1.42 bits per heavy atom. The minimum Gasteiger partial charge on any atom is -0.315 e. The molecule has 1 saturated carbocycles. The molecule has 1 atom stereocenters. The molecule has 1 aliphatic carbocycles. The van der Waals surface area contributed by atoms with Crippen molar-refractivity contribution in [2.45, 2.75) is 38.8 Å². The molecule has 1 aliphatic heterocycles. The van der Waals surface area contributed by atoms with Crippen molar-refractivity contribution >= 4 is 0 Å². The van der Waals surface area contributed by atoms with Crippen LogP contribution in [0.4, 0.5) is 0 Å². The Kier molecular flexibility index (Phi) is 1.92. The molecule has 2 fully saturated rings. The predicted octanol–water partition coefficient (Wildman–Crippen LogP) is 1.08. The van der Waals surface area contributed by atoms with Gasteiger partial charge in [0.15, 0.2) is 0 Å². The third-order valence-corrected chi connectivity index (χ3v) is 3.72. The summed E-state index contributed by atoms with van der Waals surface area (Å²) in [5.74, 6) is 0. The normalized spacial score (nSPS) is 32.2. The number of rotatable bonds is 2. The van der Waals surface area contributed by atoms with Crippen molar-refractivity contribution in [3.8, 4) is 0 Å². The van der Waals surface area contributed by atoms with Gasteiger partial charge in [-0.2, -0.15) is 0 Å². The van der Waals surface area contributed by atoms with E-state index < -0.39 is 0 Å². The summed E-state index contributed by atoms with van der Waals surface area (Å²) in [6.45, 7) is 7.03. The fourth-order valence-electron chi connectivity index (χ4n) is 2.40. The van der Waals surface area contributed by atoms with Gasteiger partial charge in [0.05, 0.1) is 0 Å². The highest BCUT2D eigenvalue weighted by molar-refractivity contribution is 5.09. The maximum absolute atomic E-state index is 3.52. The number of nitrogens with zero attached hydrogens (tertiary/aromatic N) is 1. The molecule has 1 N–H and O–H groups in total. The van der Waals surface area contributed by atoms with E-state index in [0.717, 1.165) is 6.04 Å². The van der Waals surface area contributed by atoms with E-state index in [2.05, 4.69) is 31.1 Å². The van der Waals surface area contributed by atoms with Gasteiger partial charge in [-0.1, -0.05) is 0 Å². The lowest BCUT2D eigenvalue weighted by Gasteiger charge is -2.32. The number of hydrogen-bond acceptors (Lipinski definition) is 2. The summed E-state index contributed by atoms with van der Waals surface area (Å²) in [4.78, 5) is 2.53. The van der Waals surface area contributed by atoms with Crippen LogP contribution in [-0.4, -0.2) is 37.1 Å². The van der Waals surface area contributed by atoms with Crippen LogP contribution in [0.1, 0.15) is 26.7 Å². The summed E-state index contributed by atoms with van der Waals surface area (Å²) in [7, 11) is 2.27. The molecule has 0 radical (unpaired) electrons. The van der Waals surface area contributed by atoms with E-state index >= 15 is 0 Å². The molecule has 0 bridgehead atoms. The second-order valence-electron chi connectivity index (χ2n) is 4.77. The molecule has 70 valence electrons. The molecule has 2 heteroatoms. The zero-order valence-corrected chi connectivity index (χ0v) is 8.43. The summed E-state index contributed by atoms with van der Waals surface area (Å²) in [6.07, 6.45) is 2.89. The van der Waals surface area contributed by atoms with Crippen molar-refractivity contribution in [2.24, 2.45) is 5.41 Å². The van der Waals surface area contributed by atoms with Gasteiger partial charge in [-0.3, -0.25) is 4.90 Å². The number of nitrogens with one attached hydrogen (secondary N) is 1. The standard InChI is InChI=1S/C10H20N2/c1-8(2)12(3)9-6-11-7-10(9)4-5-10/h8-9,11H,4-7H2,1-3H3/t9-/m1/s1. The highest BCUT2D eigenvalue weighted by atomic mass is 15.2. The molecule has 0 unspecified atom stereocenters. The molecule has 0 aromatic carbocycles. The van der Waals surface area contributed by atoms with E-state index in [0.29, 0.717) is 11.5 Å². The molecule has 2 aliphatic rings. The van der Waals surface area contributed by atoms with Crippen LogP contribution < -0.4 is 5.32 Å². The average molecular weight is 168 g/mol. The van der Waals surface area contributed by atoms with Crippen LogP contribution in [0.2, 0.25) is 0 Å². The van der Waals surface area contributed by atoms with E-state index in [4.69, 9.17) is 0 Å². The molecule has 2 rings (SSSR count). The van der Waals surface area contributed by atoms with Crippen LogP contribution in [0.25, 0.3) is 0 Å². The minimum atomic E-state index is 0.680. The van der Waals surface area contributed by atoms with Crippen molar-refractivity contribution in [1.82, 2.24) is 10.2 Å². The van der Waals surface area contributed by atoms with Crippen molar-refractivity contribution < 1.29 is 0 Å². The van der Waals surface area contributed by atoms with Gasteiger partial charge in [0.25, 0.3) is 0 Å². The van der Waals surface area contributed by atoms with Crippen molar-refractivity contribution in [1.29, 1.82) is 0 Å². The Labute approximate surface area is 75.3 Å². The van der Waals surface area contributed by atoms with Gasteiger partial charge in [0, 0.05) is 25.2 Å². The molecule has 1 spiro atoms. The van der Waals surface area contributed by atoms with Crippen LogP contribution in [-0.2, 0) is 0 Å². The lowest BCUT2D eigenvalue weighted by molar-refractivity contribution is 0.161. The Hall–Kier alpha value is -0.0800. The van der Waals surface area contributed by atoms with E-state index in [1.807, 2.05) is 0 Å². The van der Waals surface area contributed by atoms with E-state index in [1.54, 1.807) is 0 Å². The summed E-state index contributed by atoms with van der Waals surface area (Å²) < 4.78 is 0. The smallest absolute Gasteiger partial charge is 0.0288 e. The van der Waals surface area contributed by atoms with E-state index in [1.165, 1.54) is 25.9 Å². The molecular weight excluding hydrogens is 148 g/mol. The first-order chi connectivity index (χ1) is 5.66. The van der Waals surface area contributed by atoms with Gasteiger partial charge in [-0.25, -0.2) is 0 Å². The molecular formula is C10H20N2. The second-order valence-corrected chi connectivity index (χ2v) is 4.77. The van der Waals surface area contributed by atoms with Crippen molar-refractivity contribution in [3.63, 3.8) is 0 Å². The number of hydrogen-bond donors (Lipinski definition) is 1. The molecule has 0 aromatic rings. The number of likely N-dealkylation sites (N-methyl/N-ethyl adjacent to an activating group) is 1. The van der Waals surface area contributed by atoms with Gasteiger partial charge < -0.3 is 5.32 Å². The average Bonchev–Trinajstić information content (AvgIpc) is 2.62. The minimum absolute atomic E-state index is 0.680. The first-order valence-corrected chi connectivity index (χ1v) is 5.08. The lowest BCUT2D eigenvalue weighted by atomic mass is 9.98. The summed E-state index contributed by atoms with van der Waals surface area (Å²) in [6, 6.07) is 1.49. The molecule has 12 heavy (non-hydrogen) atoms. The molecule has 1 saturated heterocycles. The summed E-state index contributed by atoms with van der Waals surface area (Å²) in [5, 5.41) is 3.52.